The number of nitrogens with zero attached hydrogens (tertiary/aromatic N) is 1. The minimum atomic E-state index is -0.221. The highest BCUT2D eigenvalue weighted by Crippen LogP contribution is 2.27. The lowest BCUT2D eigenvalue weighted by molar-refractivity contribution is 0.102. The Morgan fingerprint density at radius 1 is 1.35 bits per heavy atom. The Hall–Kier alpha value is -1.88. The van der Waals surface area contributed by atoms with E-state index in [4.69, 9.17) is 5.73 Å². The molecular weight excluding hydrogens is 270 g/mol. The van der Waals surface area contributed by atoms with Crippen molar-refractivity contribution in [3.8, 4) is 0 Å². The molecule has 0 unspecified atom stereocenters. The van der Waals surface area contributed by atoms with Crippen LogP contribution in [-0.4, -0.2) is 10.9 Å². The summed E-state index contributed by atoms with van der Waals surface area (Å²) in [6.45, 7) is 8.20. The number of aryl methyl sites for hydroxylation is 1. The molecule has 0 saturated heterocycles. The molecule has 0 saturated carbocycles. The number of aromatic nitrogens is 1. The lowest BCUT2D eigenvalue weighted by Gasteiger charge is -2.14. The molecule has 0 bridgehead atoms. The molecular formula is C15H19N3OS. The number of thiazole rings is 1. The van der Waals surface area contributed by atoms with E-state index in [1.54, 1.807) is 12.1 Å². The molecule has 1 aromatic carbocycles. The maximum atomic E-state index is 12.2. The topological polar surface area (TPSA) is 68.0 Å². The van der Waals surface area contributed by atoms with Crippen LogP contribution in [0.15, 0.2) is 23.6 Å². The van der Waals surface area contributed by atoms with Gasteiger partial charge in [0.05, 0.1) is 11.3 Å². The van der Waals surface area contributed by atoms with Crippen molar-refractivity contribution in [2.45, 2.75) is 33.1 Å². The van der Waals surface area contributed by atoms with Gasteiger partial charge in [-0.2, -0.15) is 0 Å². The average molecular weight is 289 g/mol. The maximum absolute atomic E-state index is 12.2. The monoisotopic (exact) mass is 289 g/mol. The molecule has 0 fully saturated rings. The van der Waals surface area contributed by atoms with Crippen molar-refractivity contribution in [2.75, 3.05) is 11.1 Å². The summed E-state index contributed by atoms with van der Waals surface area (Å²) in [5, 5.41) is 5.37. The number of nitrogen functional groups attached to an aromatic ring is 1. The smallest absolute Gasteiger partial charge is 0.259 e. The zero-order valence-corrected chi connectivity index (χ0v) is 13.0. The first-order valence-electron chi connectivity index (χ1n) is 6.41. The lowest BCUT2D eigenvalue weighted by atomic mass is 9.93. The highest BCUT2D eigenvalue weighted by atomic mass is 32.1. The Labute approximate surface area is 123 Å². The number of carbonyl (C=O) groups is 1. The first-order valence-corrected chi connectivity index (χ1v) is 7.29. The van der Waals surface area contributed by atoms with Gasteiger partial charge in [-0.3, -0.25) is 10.1 Å². The molecule has 106 valence electrons. The van der Waals surface area contributed by atoms with Gasteiger partial charge in [0.15, 0.2) is 5.13 Å². The summed E-state index contributed by atoms with van der Waals surface area (Å²) >= 11 is 1.43. The number of hydrogen-bond donors (Lipinski definition) is 2. The Bertz CT molecular complexity index is 641. The molecule has 4 nitrogen and oxygen atoms in total. The molecule has 0 radical (unpaired) electrons. The summed E-state index contributed by atoms with van der Waals surface area (Å²) in [5.41, 5.74) is 8.74. The van der Waals surface area contributed by atoms with Gasteiger partial charge in [0.1, 0.15) is 0 Å². The van der Waals surface area contributed by atoms with E-state index in [2.05, 4.69) is 31.1 Å². The van der Waals surface area contributed by atoms with E-state index in [0.717, 1.165) is 11.3 Å². The molecule has 2 aromatic rings. The van der Waals surface area contributed by atoms with E-state index in [-0.39, 0.29) is 11.3 Å². The number of benzene rings is 1. The van der Waals surface area contributed by atoms with Crippen molar-refractivity contribution in [3.05, 3.63) is 40.4 Å². The average Bonchev–Trinajstić information content (AvgIpc) is 2.80. The fourth-order valence-electron chi connectivity index (χ4n) is 1.71. The molecule has 3 N–H and O–H groups in total. The third-order valence-corrected chi connectivity index (χ3v) is 3.70. The normalized spacial score (nSPS) is 11.4. The summed E-state index contributed by atoms with van der Waals surface area (Å²) < 4.78 is 0. The third-order valence-electron chi connectivity index (χ3n) is 2.95. The minimum Gasteiger partial charge on any atom is -0.398 e. The zero-order valence-electron chi connectivity index (χ0n) is 12.2. The third kappa shape index (κ3) is 3.17. The van der Waals surface area contributed by atoms with Crippen molar-refractivity contribution in [3.63, 3.8) is 0 Å². The van der Waals surface area contributed by atoms with Gasteiger partial charge >= 0.3 is 0 Å². The lowest BCUT2D eigenvalue weighted by Crippen LogP contribution is -2.15. The number of rotatable bonds is 2. The molecule has 2 rings (SSSR count). The van der Waals surface area contributed by atoms with Gasteiger partial charge in [0, 0.05) is 16.5 Å². The fraction of sp³-hybridized carbons (Fsp3) is 0.333. The number of hydrogen-bond acceptors (Lipinski definition) is 4. The molecule has 1 heterocycles. The number of amides is 1. The van der Waals surface area contributed by atoms with Crippen LogP contribution in [0, 0.1) is 6.92 Å². The Morgan fingerprint density at radius 2 is 2.05 bits per heavy atom. The molecule has 0 aliphatic carbocycles. The van der Waals surface area contributed by atoms with Gasteiger partial charge in [0.25, 0.3) is 5.91 Å². The van der Waals surface area contributed by atoms with Crippen LogP contribution in [0.1, 0.15) is 42.4 Å². The molecule has 0 aliphatic heterocycles. The standard InChI is InChI=1S/C15H19N3OS/c1-9-5-6-11(16)10(7-9)13(19)18-14-17-12(8-20-14)15(2,3)4/h5-8H,16H2,1-4H3,(H,17,18,19). The van der Waals surface area contributed by atoms with Gasteiger partial charge in [-0.15, -0.1) is 11.3 Å². The van der Waals surface area contributed by atoms with Gasteiger partial charge in [-0.25, -0.2) is 4.98 Å². The zero-order chi connectivity index (χ0) is 14.9. The predicted molar refractivity (Wildman–Crippen MR) is 84.4 cm³/mol. The van der Waals surface area contributed by atoms with Crippen molar-refractivity contribution in [1.29, 1.82) is 0 Å². The Balaban J connectivity index is 2.20. The highest BCUT2D eigenvalue weighted by molar-refractivity contribution is 7.14. The molecule has 20 heavy (non-hydrogen) atoms. The van der Waals surface area contributed by atoms with E-state index < -0.39 is 0 Å². The quantitative estimate of drug-likeness (QED) is 0.830. The number of carbonyl (C=O) groups excluding carboxylic acids is 1. The van der Waals surface area contributed by atoms with E-state index >= 15 is 0 Å². The summed E-state index contributed by atoms with van der Waals surface area (Å²) in [6, 6.07) is 5.41. The van der Waals surface area contributed by atoms with Gasteiger partial charge in [-0.05, 0) is 19.1 Å². The fourth-order valence-corrected chi connectivity index (χ4v) is 2.64. The summed E-state index contributed by atoms with van der Waals surface area (Å²) in [5.74, 6) is -0.221. The first kappa shape index (κ1) is 14.5. The van der Waals surface area contributed by atoms with Crippen molar-refractivity contribution in [1.82, 2.24) is 4.98 Å². The van der Waals surface area contributed by atoms with Crippen LogP contribution in [0.25, 0.3) is 0 Å². The van der Waals surface area contributed by atoms with E-state index in [9.17, 15) is 4.79 Å². The SMILES string of the molecule is Cc1ccc(N)c(C(=O)Nc2nc(C(C)(C)C)cs2)c1. The first-order chi connectivity index (χ1) is 9.27. The van der Waals surface area contributed by atoms with Crippen molar-refractivity contribution in [2.24, 2.45) is 0 Å². The summed E-state index contributed by atoms with van der Waals surface area (Å²) in [4.78, 5) is 16.7. The van der Waals surface area contributed by atoms with Gasteiger partial charge < -0.3 is 5.73 Å². The number of anilines is 2. The Kier molecular flexibility index (Phi) is 3.81. The van der Waals surface area contributed by atoms with Crippen LogP contribution >= 0.6 is 11.3 Å². The Morgan fingerprint density at radius 3 is 2.65 bits per heavy atom. The molecule has 0 atom stereocenters. The molecule has 0 aliphatic rings. The molecule has 5 heteroatoms. The second kappa shape index (κ2) is 5.25. The summed E-state index contributed by atoms with van der Waals surface area (Å²) in [6.07, 6.45) is 0. The van der Waals surface area contributed by atoms with Crippen LogP contribution in [0.2, 0.25) is 0 Å². The maximum Gasteiger partial charge on any atom is 0.259 e. The van der Waals surface area contributed by atoms with Gasteiger partial charge in [-0.1, -0.05) is 32.4 Å². The second-order valence-electron chi connectivity index (χ2n) is 5.83. The van der Waals surface area contributed by atoms with Crippen LogP contribution in [0.4, 0.5) is 10.8 Å². The van der Waals surface area contributed by atoms with Crippen molar-refractivity contribution >= 4 is 28.1 Å². The highest BCUT2D eigenvalue weighted by Gasteiger charge is 2.19. The molecule has 1 amide bonds. The van der Waals surface area contributed by atoms with E-state index in [1.807, 2.05) is 18.4 Å². The van der Waals surface area contributed by atoms with Crippen LogP contribution < -0.4 is 11.1 Å². The number of nitrogens with two attached hydrogens (primary N) is 1. The predicted octanol–water partition coefficient (Wildman–Crippen LogP) is 3.58. The van der Waals surface area contributed by atoms with E-state index in [0.29, 0.717) is 16.4 Å². The van der Waals surface area contributed by atoms with Crippen LogP contribution in [-0.2, 0) is 5.41 Å². The molecule has 1 aromatic heterocycles. The molecule has 0 spiro atoms. The van der Waals surface area contributed by atoms with Crippen molar-refractivity contribution < 1.29 is 4.79 Å². The summed E-state index contributed by atoms with van der Waals surface area (Å²) in [7, 11) is 0. The largest absolute Gasteiger partial charge is 0.398 e. The number of nitrogens with one attached hydrogen (secondary N) is 1. The van der Waals surface area contributed by atoms with E-state index in [1.165, 1.54) is 11.3 Å². The van der Waals surface area contributed by atoms with Crippen LogP contribution in [0.3, 0.4) is 0 Å². The van der Waals surface area contributed by atoms with Gasteiger partial charge in [0.2, 0.25) is 0 Å². The van der Waals surface area contributed by atoms with Crippen LogP contribution in [0.5, 0.6) is 0 Å². The second-order valence-corrected chi connectivity index (χ2v) is 6.69. The minimum absolute atomic E-state index is 0.0260.